The molecule has 1 unspecified atom stereocenters. The maximum atomic E-state index is 11.2. The monoisotopic (exact) mass is 186 g/mol. The molecule has 0 spiro atoms. The van der Waals surface area contributed by atoms with Crippen molar-refractivity contribution in [2.45, 2.75) is 0 Å². The van der Waals surface area contributed by atoms with Crippen LogP contribution < -0.4 is 5.73 Å². The SMILES string of the molecule is N#CC1(C(N)=O)[C@@H]2\C=C/C=C\C=C/[C@@H]21. The Hall–Kier alpha value is -1.82. The highest BCUT2D eigenvalue weighted by molar-refractivity contribution is 5.89. The van der Waals surface area contributed by atoms with Gasteiger partial charge >= 0.3 is 0 Å². The van der Waals surface area contributed by atoms with Crippen molar-refractivity contribution in [3.63, 3.8) is 0 Å². The second kappa shape index (κ2) is 2.85. The van der Waals surface area contributed by atoms with Crippen molar-refractivity contribution in [1.29, 1.82) is 5.26 Å². The number of carbonyl (C=O) groups excluding carboxylic acids is 1. The Kier molecular flexibility index (Phi) is 1.78. The molecule has 1 fully saturated rings. The van der Waals surface area contributed by atoms with Gasteiger partial charge in [-0.2, -0.15) is 5.26 Å². The number of primary amides is 1. The summed E-state index contributed by atoms with van der Waals surface area (Å²) in [5.41, 5.74) is 4.25. The first kappa shape index (κ1) is 8.76. The van der Waals surface area contributed by atoms with Gasteiger partial charge in [-0.15, -0.1) is 0 Å². The third kappa shape index (κ3) is 0.942. The normalized spacial score (nSPS) is 44.8. The average Bonchev–Trinajstić information content (AvgIpc) is 2.71. The van der Waals surface area contributed by atoms with E-state index in [2.05, 4.69) is 0 Å². The molecule has 1 saturated carbocycles. The van der Waals surface area contributed by atoms with Gasteiger partial charge in [0.05, 0.1) is 6.07 Å². The highest BCUT2D eigenvalue weighted by atomic mass is 16.1. The van der Waals surface area contributed by atoms with Crippen LogP contribution in [-0.2, 0) is 4.79 Å². The van der Waals surface area contributed by atoms with Crippen LogP contribution in [0.5, 0.6) is 0 Å². The number of allylic oxidation sites excluding steroid dienone is 6. The Bertz CT molecular complexity index is 376. The molecule has 0 aromatic rings. The molecule has 1 amide bonds. The van der Waals surface area contributed by atoms with Crippen molar-refractivity contribution in [3.05, 3.63) is 36.5 Å². The van der Waals surface area contributed by atoms with Crippen LogP contribution in [0.1, 0.15) is 0 Å². The zero-order valence-corrected chi connectivity index (χ0v) is 7.55. The summed E-state index contributed by atoms with van der Waals surface area (Å²) in [6, 6.07) is 2.04. The standard InChI is InChI=1S/C11H10N2O/c12-7-11(10(13)14)8-5-3-1-2-4-6-9(8)11/h1-6,8-9H,(H2,13,14)/b2-1-,5-3-,6-4-/t8-,9+,11?. The molecule has 0 bridgehead atoms. The highest BCUT2D eigenvalue weighted by Crippen LogP contribution is 2.60. The van der Waals surface area contributed by atoms with Crippen LogP contribution in [0.25, 0.3) is 0 Å². The third-order valence-electron chi connectivity index (χ3n) is 2.89. The Morgan fingerprint density at radius 3 is 2.07 bits per heavy atom. The molecule has 3 nitrogen and oxygen atoms in total. The Morgan fingerprint density at radius 1 is 1.21 bits per heavy atom. The molecule has 70 valence electrons. The summed E-state index contributed by atoms with van der Waals surface area (Å²) in [5.74, 6) is -0.622. The molecule has 0 aliphatic heterocycles. The molecule has 2 rings (SSSR count). The van der Waals surface area contributed by atoms with Gasteiger partial charge in [-0.05, 0) is 0 Å². The van der Waals surface area contributed by atoms with Gasteiger partial charge in [0.25, 0.3) is 0 Å². The number of rotatable bonds is 1. The quantitative estimate of drug-likeness (QED) is 0.661. The molecule has 14 heavy (non-hydrogen) atoms. The van der Waals surface area contributed by atoms with Gasteiger partial charge in [0.2, 0.25) is 5.91 Å². The molecular weight excluding hydrogens is 176 g/mol. The summed E-state index contributed by atoms with van der Waals surface area (Å²) in [4.78, 5) is 11.2. The minimum atomic E-state index is -1.00. The zero-order chi connectivity index (χ0) is 10.2. The summed E-state index contributed by atoms with van der Waals surface area (Å²) in [5, 5.41) is 9.00. The summed E-state index contributed by atoms with van der Waals surface area (Å²) >= 11 is 0. The maximum absolute atomic E-state index is 11.2. The van der Waals surface area contributed by atoms with E-state index >= 15 is 0 Å². The van der Waals surface area contributed by atoms with Crippen LogP contribution >= 0.6 is 0 Å². The zero-order valence-electron chi connectivity index (χ0n) is 7.55. The number of amides is 1. The van der Waals surface area contributed by atoms with Crippen molar-refractivity contribution in [2.75, 3.05) is 0 Å². The highest BCUT2D eigenvalue weighted by Gasteiger charge is 2.67. The van der Waals surface area contributed by atoms with E-state index in [-0.39, 0.29) is 11.8 Å². The number of hydrogen-bond acceptors (Lipinski definition) is 2. The Labute approximate surface area is 82.2 Å². The van der Waals surface area contributed by atoms with Crippen LogP contribution in [0, 0.1) is 28.6 Å². The van der Waals surface area contributed by atoms with E-state index in [9.17, 15) is 4.79 Å². The Balaban J connectivity index is 2.38. The topological polar surface area (TPSA) is 66.9 Å². The van der Waals surface area contributed by atoms with Crippen molar-refractivity contribution >= 4 is 5.91 Å². The summed E-state index contributed by atoms with van der Waals surface area (Å²) in [6.45, 7) is 0. The Morgan fingerprint density at radius 2 is 1.71 bits per heavy atom. The first-order chi connectivity index (χ1) is 6.73. The van der Waals surface area contributed by atoms with Gasteiger partial charge in [-0.3, -0.25) is 4.79 Å². The van der Waals surface area contributed by atoms with Crippen molar-refractivity contribution < 1.29 is 4.79 Å². The maximum Gasteiger partial charge on any atom is 0.239 e. The lowest BCUT2D eigenvalue weighted by Crippen LogP contribution is -2.26. The number of carbonyl (C=O) groups is 1. The molecule has 3 atom stereocenters. The first-order valence-corrected chi connectivity index (χ1v) is 4.46. The number of nitriles is 1. The molecule has 2 aliphatic carbocycles. The average molecular weight is 186 g/mol. The number of hydrogen-bond donors (Lipinski definition) is 1. The van der Waals surface area contributed by atoms with Crippen LogP contribution in [0.3, 0.4) is 0 Å². The number of nitrogens with zero attached hydrogens (tertiary/aromatic N) is 1. The minimum absolute atomic E-state index is 0.0498. The van der Waals surface area contributed by atoms with E-state index in [0.29, 0.717) is 0 Å². The fourth-order valence-corrected chi connectivity index (χ4v) is 2.01. The van der Waals surface area contributed by atoms with Gasteiger partial charge < -0.3 is 5.73 Å². The largest absolute Gasteiger partial charge is 0.368 e. The van der Waals surface area contributed by atoms with Gasteiger partial charge in [-0.1, -0.05) is 36.5 Å². The van der Waals surface area contributed by atoms with Gasteiger partial charge in [0.15, 0.2) is 0 Å². The van der Waals surface area contributed by atoms with Crippen LogP contribution in [0.15, 0.2) is 36.5 Å². The van der Waals surface area contributed by atoms with Crippen LogP contribution in [0.4, 0.5) is 0 Å². The van der Waals surface area contributed by atoms with Crippen molar-refractivity contribution in [1.82, 2.24) is 0 Å². The molecule has 0 aromatic carbocycles. The molecule has 3 heteroatoms. The molecule has 2 aliphatic rings. The third-order valence-corrected chi connectivity index (χ3v) is 2.89. The molecule has 0 radical (unpaired) electrons. The molecule has 0 aromatic heterocycles. The second-order valence-corrected chi connectivity index (χ2v) is 3.55. The van der Waals surface area contributed by atoms with E-state index in [1.165, 1.54) is 0 Å². The summed E-state index contributed by atoms with van der Waals surface area (Å²) in [6.07, 6.45) is 11.2. The summed E-state index contributed by atoms with van der Waals surface area (Å²) in [7, 11) is 0. The predicted molar refractivity (Wildman–Crippen MR) is 51.6 cm³/mol. The molecule has 0 heterocycles. The number of nitrogens with two attached hydrogens (primary N) is 1. The number of fused-ring (bicyclic) bond motifs is 1. The van der Waals surface area contributed by atoms with Gasteiger partial charge in [0.1, 0.15) is 5.41 Å². The minimum Gasteiger partial charge on any atom is -0.368 e. The first-order valence-electron chi connectivity index (χ1n) is 4.46. The van der Waals surface area contributed by atoms with Crippen LogP contribution in [0.2, 0.25) is 0 Å². The van der Waals surface area contributed by atoms with Crippen LogP contribution in [-0.4, -0.2) is 5.91 Å². The van der Waals surface area contributed by atoms with Gasteiger partial charge in [0, 0.05) is 11.8 Å². The van der Waals surface area contributed by atoms with E-state index in [0.717, 1.165) is 0 Å². The lowest BCUT2D eigenvalue weighted by Gasteiger charge is -1.99. The molecule has 0 saturated heterocycles. The van der Waals surface area contributed by atoms with E-state index < -0.39 is 11.3 Å². The fourth-order valence-electron chi connectivity index (χ4n) is 2.01. The van der Waals surface area contributed by atoms with Crippen molar-refractivity contribution in [2.24, 2.45) is 23.0 Å². The van der Waals surface area contributed by atoms with E-state index in [1.807, 2.05) is 42.5 Å². The van der Waals surface area contributed by atoms with E-state index in [4.69, 9.17) is 11.0 Å². The second-order valence-electron chi connectivity index (χ2n) is 3.55. The predicted octanol–water partition coefficient (Wildman–Crippen LogP) is 0.910. The summed E-state index contributed by atoms with van der Waals surface area (Å²) < 4.78 is 0. The lowest BCUT2D eigenvalue weighted by atomic mass is 10.0. The fraction of sp³-hybridized carbons (Fsp3) is 0.273. The smallest absolute Gasteiger partial charge is 0.239 e. The van der Waals surface area contributed by atoms with E-state index in [1.54, 1.807) is 0 Å². The van der Waals surface area contributed by atoms with Gasteiger partial charge in [-0.25, -0.2) is 0 Å². The molecular formula is C11H10N2O. The molecule has 2 N–H and O–H groups in total. The van der Waals surface area contributed by atoms with Crippen molar-refractivity contribution in [3.8, 4) is 6.07 Å². The lowest BCUT2D eigenvalue weighted by molar-refractivity contribution is -0.121.